The molecule has 1 heterocycles. The van der Waals surface area contributed by atoms with Gasteiger partial charge < -0.3 is 15.1 Å². The van der Waals surface area contributed by atoms with Crippen molar-refractivity contribution in [2.24, 2.45) is 5.73 Å². The van der Waals surface area contributed by atoms with Crippen molar-refractivity contribution < 1.29 is 9.21 Å². The Morgan fingerprint density at radius 2 is 1.95 bits per heavy atom. The Morgan fingerprint density at radius 3 is 2.50 bits per heavy atom. The molecule has 0 aliphatic rings. The Kier molecular flexibility index (Phi) is 3.95. The molecule has 0 unspecified atom stereocenters. The summed E-state index contributed by atoms with van der Waals surface area (Å²) in [4.78, 5) is 14.3. The molecular weight excluding hydrogens is 252 g/mol. The first-order chi connectivity index (χ1) is 9.45. The minimum Gasteiger partial charge on any atom is -0.466 e. The van der Waals surface area contributed by atoms with Gasteiger partial charge in [0.1, 0.15) is 11.5 Å². The molecule has 2 rings (SSSR count). The summed E-state index contributed by atoms with van der Waals surface area (Å²) in [6, 6.07) is 7.67. The van der Waals surface area contributed by atoms with Crippen LogP contribution in [0.1, 0.15) is 33.0 Å². The normalized spacial score (nSPS) is 10.7. The molecule has 2 aromatic rings. The van der Waals surface area contributed by atoms with Crippen molar-refractivity contribution in [2.45, 2.75) is 27.3 Å². The molecule has 0 saturated heterocycles. The number of aryl methyl sites for hydroxylation is 2. The van der Waals surface area contributed by atoms with E-state index >= 15 is 0 Å². The fraction of sp³-hybridized carbons (Fsp3) is 0.312. The van der Waals surface area contributed by atoms with Gasteiger partial charge in [-0.1, -0.05) is 12.1 Å². The highest BCUT2D eigenvalue weighted by Crippen LogP contribution is 2.24. The third kappa shape index (κ3) is 2.47. The minimum absolute atomic E-state index is 0.0639. The molecule has 0 atom stereocenters. The monoisotopic (exact) mass is 272 g/mol. The molecule has 20 heavy (non-hydrogen) atoms. The van der Waals surface area contributed by atoms with Crippen molar-refractivity contribution in [3.8, 4) is 0 Å². The molecule has 4 heteroatoms. The first kappa shape index (κ1) is 14.3. The Hall–Kier alpha value is -2.07. The van der Waals surface area contributed by atoms with Gasteiger partial charge in [-0.3, -0.25) is 4.79 Å². The number of furan rings is 1. The van der Waals surface area contributed by atoms with E-state index < -0.39 is 0 Å². The second kappa shape index (κ2) is 5.51. The first-order valence-corrected chi connectivity index (χ1v) is 6.59. The van der Waals surface area contributed by atoms with Gasteiger partial charge in [-0.15, -0.1) is 0 Å². The summed E-state index contributed by atoms with van der Waals surface area (Å²) < 4.78 is 5.53. The zero-order valence-electron chi connectivity index (χ0n) is 12.4. The number of amides is 1. The van der Waals surface area contributed by atoms with E-state index in [-0.39, 0.29) is 5.91 Å². The zero-order valence-corrected chi connectivity index (χ0v) is 12.4. The van der Waals surface area contributed by atoms with Crippen molar-refractivity contribution in [1.82, 2.24) is 0 Å². The average molecular weight is 272 g/mol. The molecule has 1 aromatic carbocycles. The lowest BCUT2D eigenvalue weighted by Crippen LogP contribution is -2.27. The lowest BCUT2D eigenvalue weighted by atomic mass is 10.1. The third-order valence-corrected chi connectivity index (χ3v) is 3.61. The summed E-state index contributed by atoms with van der Waals surface area (Å²) in [5, 5.41) is 0. The van der Waals surface area contributed by atoms with Gasteiger partial charge in [-0.25, -0.2) is 0 Å². The summed E-state index contributed by atoms with van der Waals surface area (Å²) in [6.07, 6.45) is 0. The molecule has 2 N–H and O–H groups in total. The number of nitrogens with zero attached hydrogens (tertiary/aromatic N) is 1. The molecule has 4 nitrogen and oxygen atoms in total. The largest absolute Gasteiger partial charge is 0.466 e. The van der Waals surface area contributed by atoms with Crippen LogP contribution in [-0.2, 0) is 6.54 Å². The molecule has 1 amide bonds. The fourth-order valence-corrected chi connectivity index (χ4v) is 2.29. The van der Waals surface area contributed by atoms with E-state index in [1.807, 2.05) is 45.0 Å². The molecule has 1 aromatic heterocycles. The predicted octanol–water partition coefficient (Wildman–Crippen LogP) is 2.94. The molecule has 0 aliphatic heterocycles. The van der Waals surface area contributed by atoms with Gasteiger partial charge in [0.15, 0.2) is 0 Å². The topological polar surface area (TPSA) is 59.5 Å². The highest BCUT2D eigenvalue weighted by molar-refractivity contribution is 6.07. The lowest BCUT2D eigenvalue weighted by molar-refractivity contribution is 0.0991. The molecule has 0 radical (unpaired) electrons. The lowest BCUT2D eigenvalue weighted by Gasteiger charge is -2.18. The number of benzene rings is 1. The van der Waals surface area contributed by atoms with Crippen molar-refractivity contribution in [3.05, 3.63) is 52.5 Å². The van der Waals surface area contributed by atoms with Crippen molar-refractivity contribution in [3.63, 3.8) is 0 Å². The van der Waals surface area contributed by atoms with Gasteiger partial charge in [0.05, 0.1) is 5.56 Å². The Bertz CT molecular complexity index is 644. The van der Waals surface area contributed by atoms with Gasteiger partial charge in [0, 0.05) is 24.8 Å². The highest BCUT2D eigenvalue weighted by atomic mass is 16.3. The van der Waals surface area contributed by atoms with Crippen LogP contribution >= 0.6 is 0 Å². The standard InChI is InChI=1S/C16H20N2O2/c1-10-11(2)20-12(3)15(10)16(19)18(4)14-7-5-6-13(8-14)9-17/h5-8H,9,17H2,1-4H3. The summed E-state index contributed by atoms with van der Waals surface area (Å²) in [5.74, 6) is 1.38. The minimum atomic E-state index is -0.0639. The van der Waals surface area contributed by atoms with Crippen LogP contribution in [0, 0.1) is 20.8 Å². The van der Waals surface area contributed by atoms with Crippen LogP contribution in [0.4, 0.5) is 5.69 Å². The molecule has 0 fully saturated rings. The maximum absolute atomic E-state index is 12.6. The smallest absolute Gasteiger partial charge is 0.261 e. The maximum Gasteiger partial charge on any atom is 0.261 e. The quantitative estimate of drug-likeness (QED) is 0.934. The molecule has 106 valence electrons. The average Bonchev–Trinajstić information content (AvgIpc) is 2.70. The van der Waals surface area contributed by atoms with Gasteiger partial charge in [-0.2, -0.15) is 0 Å². The third-order valence-electron chi connectivity index (χ3n) is 3.61. The predicted molar refractivity (Wildman–Crippen MR) is 80.0 cm³/mol. The molecule has 0 saturated carbocycles. The summed E-state index contributed by atoms with van der Waals surface area (Å²) in [6.45, 7) is 6.05. The summed E-state index contributed by atoms with van der Waals surface area (Å²) >= 11 is 0. The van der Waals surface area contributed by atoms with E-state index in [1.165, 1.54) is 0 Å². The van der Waals surface area contributed by atoms with Crippen LogP contribution in [0.25, 0.3) is 0 Å². The van der Waals surface area contributed by atoms with Crippen LogP contribution in [-0.4, -0.2) is 13.0 Å². The number of anilines is 1. The summed E-state index contributed by atoms with van der Waals surface area (Å²) in [5.41, 5.74) is 9.01. The van der Waals surface area contributed by atoms with E-state index in [4.69, 9.17) is 10.2 Å². The van der Waals surface area contributed by atoms with E-state index in [1.54, 1.807) is 11.9 Å². The van der Waals surface area contributed by atoms with E-state index in [0.717, 1.165) is 22.6 Å². The van der Waals surface area contributed by atoms with Crippen molar-refractivity contribution >= 4 is 11.6 Å². The number of nitrogens with two attached hydrogens (primary N) is 1. The number of carbonyl (C=O) groups excluding carboxylic acids is 1. The van der Waals surface area contributed by atoms with Gasteiger partial charge in [0.25, 0.3) is 5.91 Å². The molecular formula is C16H20N2O2. The second-order valence-electron chi connectivity index (χ2n) is 4.95. The number of rotatable bonds is 3. The Morgan fingerprint density at radius 1 is 1.25 bits per heavy atom. The number of carbonyl (C=O) groups is 1. The second-order valence-corrected chi connectivity index (χ2v) is 4.95. The molecule has 0 aliphatic carbocycles. The number of hydrogen-bond acceptors (Lipinski definition) is 3. The zero-order chi connectivity index (χ0) is 14.9. The van der Waals surface area contributed by atoms with Crippen LogP contribution in [0.2, 0.25) is 0 Å². The van der Waals surface area contributed by atoms with E-state index in [0.29, 0.717) is 17.9 Å². The van der Waals surface area contributed by atoms with Crippen LogP contribution < -0.4 is 10.6 Å². The van der Waals surface area contributed by atoms with Gasteiger partial charge >= 0.3 is 0 Å². The van der Waals surface area contributed by atoms with Gasteiger partial charge in [-0.05, 0) is 38.5 Å². The fourth-order valence-electron chi connectivity index (χ4n) is 2.29. The van der Waals surface area contributed by atoms with Crippen LogP contribution in [0.15, 0.2) is 28.7 Å². The SMILES string of the molecule is Cc1oc(C)c(C(=O)N(C)c2cccc(CN)c2)c1C. The first-order valence-electron chi connectivity index (χ1n) is 6.59. The van der Waals surface area contributed by atoms with Crippen LogP contribution in [0.3, 0.4) is 0 Å². The summed E-state index contributed by atoms with van der Waals surface area (Å²) in [7, 11) is 1.76. The van der Waals surface area contributed by atoms with E-state index in [9.17, 15) is 4.79 Å². The van der Waals surface area contributed by atoms with Gasteiger partial charge in [0.2, 0.25) is 0 Å². The van der Waals surface area contributed by atoms with Crippen LogP contribution in [0.5, 0.6) is 0 Å². The van der Waals surface area contributed by atoms with Crippen molar-refractivity contribution in [1.29, 1.82) is 0 Å². The Balaban J connectivity index is 2.37. The van der Waals surface area contributed by atoms with E-state index in [2.05, 4.69) is 0 Å². The number of hydrogen-bond donors (Lipinski definition) is 1. The Labute approximate surface area is 119 Å². The maximum atomic E-state index is 12.6. The molecule has 0 spiro atoms. The highest BCUT2D eigenvalue weighted by Gasteiger charge is 2.22. The molecule has 0 bridgehead atoms. The van der Waals surface area contributed by atoms with Crippen molar-refractivity contribution in [2.75, 3.05) is 11.9 Å².